The molecule has 30 heavy (non-hydrogen) atoms. The van der Waals surface area contributed by atoms with Crippen molar-refractivity contribution in [2.24, 2.45) is 5.92 Å². The minimum Gasteiger partial charge on any atom is -0.337 e. The number of amides is 1. The number of fused-ring (bicyclic) bond motifs is 2. The number of benzene rings is 1. The largest absolute Gasteiger partial charge is 0.337 e. The molecule has 158 valence electrons. The number of nitrogens with one attached hydrogen (secondary N) is 1. The third-order valence-electron chi connectivity index (χ3n) is 5.91. The molecule has 1 amide bonds. The number of carbonyl (C=O) groups is 1. The lowest BCUT2D eigenvalue weighted by molar-refractivity contribution is -0.129. The van der Waals surface area contributed by atoms with E-state index in [0.717, 1.165) is 46.5 Å². The average molecular weight is 442 g/mol. The van der Waals surface area contributed by atoms with E-state index in [4.69, 9.17) is 0 Å². The number of H-pyrrole nitrogens is 1. The third kappa shape index (κ3) is 4.32. The summed E-state index contributed by atoms with van der Waals surface area (Å²) >= 11 is 2.89. The first kappa shape index (κ1) is 21.1. The molecule has 0 unspecified atom stereocenters. The molecule has 1 aliphatic heterocycles. The minimum atomic E-state index is -0.0931. The molecular weight excluding hydrogens is 414 g/mol. The molecule has 0 saturated carbocycles. The number of aromatic nitrogens is 2. The maximum atomic E-state index is 12.8. The van der Waals surface area contributed by atoms with Crippen LogP contribution in [0.3, 0.4) is 0 Å². The van der Waals surface area contributed by atoms with Crippen LogP contribution in [0.4, 0.5) is 0 Å². The van der Waals surface area contributed by atoms with Crippen LogP contribution in [0.1, 0.15) is 41.8 Å². The second kappa shape index (κ2) is 8.94. The number of thioether (sulfide) groups is 1. The number of hydrogen-bond donors (Lipinski definition) is 1. The molecule has 0 radical (unpaired) electrons. The number of carbonyl (C=O) groups excluding carboxylic acids is 1. The highest BCUT2D eigenvalue weighted by Gasteiger charge is 2.21. The molecule has 3 heterocycles. The highest BCUT2D eigenvalue weighted by Crippen LogP contribution is 2.30. The van der Waals surface area contributed by atoms with Crippen molar-refractivity contribution in [2.45, 2.75) is 51.7 Å². The molecule has 2 aromatic heterocycles. The van der Waals surface area contributed by atoms with Gasteiger partial charge in [0.25, 0.3) is 5.56 Å². The van der Waals surface area contributed by atoms with Crippen LogP contribution in [-0.4, -0.2) is 33.1 Å². The predicted molar refractivity (Wildman–Crippen MR) is 124 cm³/mol. The molecule has 0 fully saturated rings. The Kier molecular flexibility index (Phi) is 6.29. The molecule has 0 aliphatic carbocycles. The summed E-state index contributed by atoms with van der Waals surface area (Å²) in [4.78, 5) is 36.9. The van der Waals surface area contributed by atoms with E-state index in [1.165, 1.54) is 22.9 Å². The van der Waals surface area contributed by atoms with E-state index < -0.39 is 0 Å². The average Bonchev–Trinajstić information content (AvgIpc) is 3.06. The first-order valence-corrected chi connectivity index (χ1v) is 12.3. The van der Waals surface area contributed by atoms with Gasteiger partial charge in [0.1, 0.15) is 4.83 Å². The molecule has 1 aliphatic rings. The summed E-state index contributed by atoms with van der Waals surface area (Å²) in [5.41, 5.74) is 3.58. The fraction of sp³-hybridized carbons (Fsp3) is 0.435. The Bertz CT molecular complexity index is 1140. The minimum absolute atomic E-state index is 0.0806. The van der Waals surface area contributed by atoms with Crippen LogP contribution in [0.15, 0.2) is 34.2 Å². The number of aromatic amines is 1. The van der Waals surface area contributed by atoms with Gasteiger partial charge in [0.05, 0.1) is 11.1 Å². The summed E-state index contributed by atoms with van der Waals surface area (Å²) in [7, 11) is 0. The second-order valence-electron chi connectivity index (χ2n) is 8.03. The van der Waals surface area contributed by atoms with Crippen LogP contribution in [-0.2, 0) is 24.2 Å². The van der Waals surface area contributed by atoms with Crippen molar-refractivity contribution < 1.29 is 4.79 Å². The molecule has 5 nitrogen and oxygen atoms in total. The zero-order valence-corrected chi connectivity index (χ0v) is 19.3. The number of nitrogens with zero attached hydrogens (tertiary/aromatic N) is 2. The topological polar surface area (TPSA) is 66.1 Å². The lowest BCUT2D eigenvalue weighted by Crippen LogP contribution is -2.37. The zero-order valence-electron chi connectivity index (χ0n) is 17.7. The Balaban J connectivity index is 1.47. The fourth-order valence-electron chi connectivity index (χ4n) is 3.89. The van der Waals surface area contributed by atoms with Gasteiger partial charge in [-0.3, -0.25) is 9.59 Å². The van der Waals surface area contributed by atoms with Gasteiger partial charge in [0.2, 0.25) is 5.91 Å². The van der Waals surface area contributed by atoms with E-state index >= 15 is 0 Å². The van der Waals surface area contributed by atoms with Crippen molar-refractivity contribution in [1.82, 2.24) is 14.9 Å². The monoisotopic (exact) mass is 441 g/mol. The van der Waals surface area contributed by atoms with E-state index in [1.807, 2.05) is 17.0 Å². The number of aryl methyl sites for hydroxylation is 1. The van der Waals surface area contributed by atoms with Crippen molar-refractivity contribution in [1.29, 1.82) is 0 Å². The van der Waals surface area contributed by atoms with Crippen LogP contribution in [0.2, 0.25) is 0 Å². The second-order valence-corrected chi connectivity index (χ2v) is 10.2. The maximum absolute atomic E-state index is 12.8. The normalized spacial score (nSPS) is 14.7. The van der Waals surface area contributed by atoms with Gasteiger partial charge in [0.15, 0.2) is 5.16 Å². The summed E-state index contributed by atoms with van der Waals surface area (Å²) in [6.45, 7) is 7.83. The molecular formula is C23H27N3O2S2. The van der Waals surface area contributed by atoms with Crippen molar-refractivity contribution >= 4 is 39.2 Å². The van der Waals surface area contributed by atoms with E-state index in [2.05, 4.69) is 42.9 Å². The van der Waals surface area contributed by atoms with Crippen LogP contribution < -0.4 is 5.56 Å². The highest BCUT2D eigenvalue weighted by atomic mass is 32.2. The lowest BCUT2D eigenvalue weighted by atomic mass is 9.98. The standard InChI is InChI=1S/C23H27N3O2S2/c1-4-14(2)11-18-15(3)30-22-20(18)21(28)24-23(25-22)29-13-19(27)26-10-9-16-7-5-6-8-17(16)12-26/h5-8,14H,4,9-13H2,1-3H3,(H,24,25,28)/t14-/m1/s1. The van der Waals surface area contributed by atoms with Gasteiger partial charge < -0.3 is 9.88 Å². The Morgan fingerprint density at radius 3 is 2.87 bits per heavy atom. The molecule has 4 rings (SSSR count). The summed E-state index contributed by atoms with van der Waals surface area (Å²) < 4.78 is 0. The summed E-state index contributed by atoms with van der Waals surface area (Å²) in [6, 6.07) is 8.29. The molecule has 1 atom stereocenters. The Hall–Kier alpha value is -2.12. The summed E-state index contributed by atoms with van der Waals surface area (Å²) in [5.74, 6) is 0.889. The van der Waals surface area contributed by atoms with Gasteiger partial charge in [-0.05, 0) is 42.4 Å². The van der Waals surface area contributed by atoms with Crippen LogP contribution in [0, 0.1) is 12.8 Å². The number of hydrogen-bond acceptors (Lipinski definition) is 5. The van der Waals surface area contributed by atoms with Crippen molar-refractivity contribution in [3.8, 4) is 0 Å². The molecule has 0 bridgehead atoms. The van der Waals surface area contributed by atoms with Crippen LogP contribution in [0.5, 0.6) is 0 Å². The van der Waals surface area contributed by atoms with E-state index in [-0.39, 0.29) is 17.2 Å². The molecule has 0 saturated heterocycles. The molecule has 0 spiro atoms. The maximum Gasteiger partial charge on any atom is 0.260 e. The Labute approximate surface area is 184 Å². The first-order chi connectivity index (χ1) is 14.5. The smallest absolute Gasteiger partial charge is 0.260 e. The van der Waals surface area contributed by atoms with Gasteiger partial charge >= 0.3 is 0 Å². The SMILES string of the molecule is CC[C@@H](C)Cc1c(C)sc2nc(SCC(=O)N3CCc4ccccc4C3)[nH]c(=O)c12. The third-order valence-corrected chi connectivity index (χ3v) is 7.81. The molecule has 3 aromatic rings. The van der Waals surface area contributed by atoms with E-state index in [1.54, 1.807) is 11.3 Å². The van der Waals surface area contributed by atoms with Gasteiger partial charge in [-0.25, -0.2) is 4.98 Å². The Morgan fingerprint density at radius 2 is 2.10 bits per heavy atom. The predicted octanol–water partition coefficient (Wildman–Crippen LogP) is 4.56. The van der Waals surface area contributed by atoms with Crippen LogP contribution >= 0.6 is 23.1 Å². The van der Waals surface area contributed by atoms with Gasteiger partial charge in [-0.15, -0.1) is 11.3 Å². The molecule has 1 aromatic carbocycles. The zero-order chi connectivity index (χ0) is 21.3. The van der Waals surface area contributed by atoms with Crippen LogP contribution in [0.25, 0.3) is 10.2 Å². The summed E-state index contributed by atoms with van der Waals surface area (Å²) in [5, 5.41) is 1.25. The van der Waals surface area contributed by atoms with Crippen molar-refractivity contribution in [2.75, 3.05) is 12.3 Å². The van der Waals surface area contributed by atoms with E-state index in [9.17, 15) is 9.59 Å². The quantitative estimate of drug-likeness (QED) is 0.450. The Morgan fingerprint density at radius 1 is 1.33 bits per heavy atom. The van der Waals surface area contributed by atoms with Crippen molar-refractivity contribution in [3.63, 3.8) is 0 Å². The fourth-order valence-corrected chi connectivity index (χ4v) is 5.77. The molecule has 1 N–H and O–H groups in total. The highest BCUT2D eigenvalue weighted by molar-refractivity contribution is 7.99. The van der Waals surface area contributed by atoms with Gasteiger partial charge in [-0.2, -0.15) is 0 Å². The molecule has 7 heteroatoms. The summed E-state index contributed by atoms with van der Waals surface area (Å²) in [6.07, 6.45) is 2.87. The van der Waals surface area contributed by atoms with Gasteiger partial charge in [0, 0.05) is 18.0 Å². The van der Waals surface area contributed by atoms with Gasteiger partial charge in [-0.1, -0.05) is 56.3 Å². The van der Waals surface area contributed by atoms with Crippen molar-refractivity contribution in [3.05, 3.63) is 56.2 Å². The van der Waals surface area contributed by atoms with E-state index in [0.29, 0.717) is 17.6 Å². The number of thiophene rings is 1. The number of rotatable bonds is 6. The lowest BCUT2D eigenvalue weighted by Gasteiger charge is -2.28. The first-order valence-electron chi connectivity index (χ1n) is 10.5.